The van der Waals surface area contributed by atoms with E-state index in [1.54, 1.807) is 6.07 Å². The van der Waals surface area contributed by atoms with Gasteiger partial charge in [-0.15, -0.1) is 0 Å². The maximum atomic E-state index is 13.8. The Bertz CT molecular complexity index is 558. The minimum absolute atomic E-state index is 0.248. The first kappa shape index (κ1) is 14.0. The lowest BCUT2D eigenvalue weighted by Gasteiger charge is -2.14. The van der Waals surface area contributed by atoms with Gasteiger partial charge in [0.2, 0.25) is 0 Å². The SMILES string of the molecule is CC(C)CNCc1nc2c(F)cccc2n1C(C)C. The Morgan fingerprint density at radius 3 is 2.63 bits per heavy atom. The van der Waals surface area contributed by atoms with Crippen molar-refractivity contribution in [2.24, 2.45) is 5.92 Å². The van der Waals surface area contributed by atoms with Gasteiger partial charge in [-0.25, -0.2) is 9.37 Å². The number of nitrogens with one attached hydrogen (secondary N) is 1. The molecule has 4 heteroatoms. The monoisotopic (exact) mass is 263 g/mol. The van der Waals surface area contributed by atoms with E-state index in [1.165, 1.54) is 6.07 Å². The Balaban J connectivity index is 2.36. The molecule has 1 N–H and O–H groups in total. The Hall–Kier alpha value is -1.42. The molecule has 0 atom stereocenters. The summed E-state index contributed by atoms with van der Waals surface area (Å²) < 4.78 is 15.9. The number of rotatable bonds is 5. The topological polar surface area (TPSA) is 29.9 Å². The average molecular weight is 263 g/mol. The molecule has 0 saturated carbocycles. The van der Waals surface area contributed by atoms with Crippen LogP contribution in [0.2, 0.25) is 0 Å². The normalized spacial score (nSPS) is 11.9. The number of imidazole rings is 1. The lowest BCUT2D eigenvalue weighted by atomic mass is 10.2. The summed E-state index contributed by atoms with van der Waals surface area (Å²) in [6, 6.07) is 5.40. The molecule has 2 aromatic rings. The van der Waals surface area contributed by atoms with Gasteiger partial charge in [0.1, 0.15) is 11.3 Å². The fourth-order valence-corrected chi connectivity index (χ4v) is 2.30. The molecule has 0 spiro atoms. The number of fused-ring (bicyclic) bond motifs is 1. The first-order chi connectivity index (χ1) is 9.00. The molecule has 1 aromatic heterocycles. The molecular weight excluding hydrogens is 241 g/mol. The second-order valence-electron chi connectivity index (χ2n) is 5.62. The van der Waals surface area contributed by atoms with Crippen molar-refractivity contribution < 1.29 is 4.39 Å². The van der Waals surface area contributed by atoms with Gasteiger partial charge in [-0.3, -0.25) is 0 Å². The van der Waals surface area contributed by atoms with E-state index in [9.17, 15) is 4.39 Å². The third-order valence-electron chi connectivity index (χ3n) is 3.10. The van der Waals surface area contributed by atoms with E-state index in [2.05, 4.69) is 42.6 Å². The molecule has 1 heterocycles. The molecule has 0 radical (unpaired) electrons. The van der Waals surface area contributed by atoms with Crippen molar-refractivity contribution >= 4 is 11.0 Å². The van der Waals surface area contributed by atoms with Crippen molar-refractivity contribution in [2.75, 3.05) is 6.54 Å². The summed E-state index contributed by atoms with van der Waals surface area (Å²) in [4.78, 5) is 4.46. The summed E-state index contributed by atoms with van der Waals surface area (Å²) in [5.41, 5.74) is 1.34. The molecule has 2 rings (SSSR count). The minimum Gasteiger partial charge on any atom is -0.324 e. The summed E-state index contributed by atoms with van der Waals surface area (Å²) in [5, 5.41) is 3.37. The number of halogens is 1. The molecule has 3 nitrogen and oxygen atoms in total. The van der Waals surface area contributed by atoms with Gasteiger partial charge in [0.15, 0.2) is 5.82 Å². The molecule has 1 aromatic carbocycles. The van der Waals surface area contributed by atoms with Crippen LogP contribution in [0.3, 0.4) is 0 Å². The second-order valence-corrected chi connectivity index (χ2v) is 5.62. The Labute approximate surface area is 113 Å². The third kappa shape index (κ3) is 2.95. The Morgan fingerprint density at radius 1 is 1.26 bits per heavy atom. The predicted octanol–water partition coefficient (Wildman–Crippen LogP) is 3.50. The predicted molar refractivity (Wildman–Crippen MR) is 76.6 cm³/mol. The summed E-state index contributed by atoms with van der Waals surface area (Å²) in [6.45, 7) is 10.1. The molecule has 0 aliphatic rings. The highest BCUT2D eigenvalue weighted by Crippen LogP contribution is 2.23. The lowest BCUT2D eigenvalue weighted by Crippen LogP contribution is -2.22. The maximum Gasteiger partial charge on any atom is 0.151 e. The van der Waals surface area contributed by atoms with Crippen molar-refractivity contribution in [3.05, 3.63) is 29.8 Å². The second kappa shape index (κ2) is 5.70. The lowest BCUT2D eigenvalue weighted by molar-refractivity contribution is 0.514. The van der Waals surface area contributed by atoms with Gasteiger partial charge in [0, 0.05) is 6.04 Å². The van der Waals surface area contributed by atoms with Crippen LogP contribution in [0.4, 0.5) is 4.39 Å². The van der Waals surface area contributed by atoms with E-state index >= 15 is 0 Å². The van der Waals surface area contributed by atoms with Gasteiger partial charge in [0.25, 0.3) is 0 Å². The highest BCUT2D eigenvalue weighted by atomic mass is 19.1. The highest BCUT2D eigenvalue weighted by molar-refractivity contribution is 5.76. The van der Waals surface area contributed by atoms with E-state index in [0.29, 0.717) is 18.0 Å². The van der Waals surface area contributed by atoms with Crippen LogP contribution >= 0.6 is 0 Å². The summed E-state index contributed by atoms with van der Waals surface area (Å²) in [6.07, 6.45) is 0. The molecule has 0 aliphatic carbocycles. The number of nitrogens with zero attached hydrogens (tertiary/aromatic N) is 2. The Morgan fingerprint density at radius 2 is 2.00 bits per heavy atom. The maximum absolute atomic E-state index is 13.8. The van der Waals surface area contributed by atoms with E-state index in [0.717, 1.165) is 17.9 Å². The van der Waals surface area contributed by atoms with Crippen LogP contribution in [0.1, 0.15) is 39.6 Å². The fourth-order valence-electron chi connectivity index (χ4n) is 2.30. The van der Waals surface area contributed by atoms with Gasteiger partial charge in [-0.05, 0) is 38.4 Å². The molecule has 19 heavy (non-hydrogen) atoms. The van der Waals surface area contributed by atoms with E-state index in [-0.39, 0.29) is 11.9 Å². The molecular formula is C15H22FN3. The van der Waals surface area contributed by atoms with Gasteiger partial charge in [-0.2, -0.15) is 0 Å². The van der Waals surface area contributed by atoms with Gasteiger partial charge in [0.05, 0.1) is 12.1 Å². The van der Waals surface area contributed by atoms with Crippen LogP contribution < -0.4 is 5.32 Å². The van der Waals surface area contributed by atoms with Gasteiger partial charge >= 0.3 is 0 Å². The summed E-state index contributed by atoms with van der Waals surface area (Å²) in [5.74, 6) is 1.24. The number of hydrogen-bond donors (Lipinski definition) is 1. The largest absolute Gasteiger partial charge is 0.324 e. The minimum atomic E-state index is -0.248. The standard InChI is InChI=1S/C15H22FN3/c1-10(2)8-17-9-14-18-15-12(16)6-5-7-13(15)19(14)11(3)4/h5-7,10-11,17H,8-9H2,1-4H3. The molecule has 104 valence electrons. The average Bonchev–Trinajstić information content (AvgIpc) is 2.68. The van der Waals surface area contributed by atoms with Crippen molar-refractivity contribution in [3.63, 3.8) is 0 Å². The zero-order valence-electron chi connectivity index (χ0n) is 12.1. The molecule has 0 bridgehead atoms. The van der Waals surface area contributed by atoms with Gasteiger partial charge in [-0.1, -0.05) is 19.9 Å². The fraction of sp³-hybridized carbons (Fsp3) is 0.533. The van der Waals surface area contributed by atoms with Crippen LogP contribution in [0.15, 0.2) is 18.2 Å². The van der Waals surface area contributed by atoms with Crippen LogP contribution in [0.5, 0.6) is 0 Å². The van der Waals surface area contributed by atoms with Crippen LogP contribution in [0, 0.1) is 11.7 Å². The van der Waals surface area contributed by atoms with E-state index in [4.69, 9.17) is 0 Å². The molecule has 0 fully saturated rings. The van der Waals surface area contributed by atoms with Crippen molar-refractivity contribution in [2.45, 2.75) is 40.3 Å². The number of para-hydroxylation sites is 1. The van der Waals surface area contributed by atoms with E-state index in [1.807, 2.05) is 6.07 Å². The summed E-state index contributed by atoms with van der Waals surface area (Å²) >= 11 is 0. The van der Waals surface area contributed by atoms with Crippen molar-refractivity contribution in [1.29, 1.82) is 0 Å². The van der Waals surface area contributed by atoms with Gasteiger partial charge < -0.3 is 9.88 Å². The van der Waals surface area contributed by atoms with Crippen LogP contribution in [-0.2, 0) is 6.54 Å². The summed E-state index contributed by atoms with van der Waals surface area (Å²) in [7, 11) is 0. The molecule has 0 aliphatic heterocycles. The van der Waals surface area contributed by atoms with Crippen LogP contribution in [-0.4, -0.2) is 16.1 Å². The van der Waals surface area contributed by atoms with Crippen molar-refractivity contribution in [1.82, 2.24) is 14.9 Å². The quantitative estimate of drug-likeness (QED) is 0.894. The first-order valence-corrected chi connectivity index (χ1v) is 6.86. The molecule has 0 saturated heterocycles. The number of hydrogen-bond acceptors (Lipinski definition) is 2. The number of aromatic nitrogens is 2. The zero-order chi connectivity index (χ0) is 14.0. The van der Waals surface area contributed by atoms with E-state index < -0.39 is 0 Å². The zero-order valence-corrected chi connectivity index (χ0v) is 12.1. The third-order valence-corrected chi connectivity index (χ3v) is 3.10. The molecule has 0 amide bonds. The first-order valence-electron chi connectivity index (χ1n) is 6.86. The van der Waals surface area contributed by atoms with Crippen LogP contribution in [0.25, 0.3) is 11.0 Å². The molecule has 0 unspecified atom stereocenters. The highest BCUT2D eigenvalue weighted by Gasteiger charge is 2.15. The number of benzene rings is 1. The Kier molecular flexibility index (Phi) is 4.20. The van der Waals surface area contributed by atoms with Crippen molar-refractivity contribution in [3.8, 4) is 0 Å². The smallest absolute Gasteiger partial charge is 0.151 e.